The van der Waals surface area contributed by atoms with E-state index >= 15 is 0 Å². The number of benzene rings is 2. The first-order valence-electron chi connectivity index (χ1n) is 6.89. The molecule has 0 aliphatic heterocycles. The monoisotopic (exact) mass is 333 g/mol. The summed E-state index contributed by atoms with van der Waals surface area (Å²) >= 11 is 6.64. The molecule has 3 nitrogen and oxygen atoms in total. The lowest BCUT2D eigenvalue weighted by atomic mass is 9.99. The van der Waals surface area contributed by atoms with Gasteiger partial charge in [-0.1, -0.05) is 42.5 Å². The summed E-state index contributed by atoms with van der Waals surface area (Å²) in [4.78, 5) is 0.259. The van der Waals surface area contributed by atoms with Crippen LogP contribution in [0, 0.1) is 0 Å². The number of halogens is 1. The molecule has 3 rings (SSSR count). The van der Waals surface area contributed by atoms with Gasteiger partial charge in [-0.05, 0) is 34.4 Å². The molecule has 0 saturated carbocycles. The smallest absolute Gasteiger partial charge is 0.207 e. The zero-order valence-electron chi connectivity index (χ0n) is 12.3. The summed E-state index contributed by atoms with van der Waals surface area (Å²) in [6.07, 6.45) is 3.99. The van der Waals surface area contributed by atoms with E-state index in [0.29, 0.717) is 0 Å². The summed E-state index contributed by atoms with van der Waals surface area (Å²) in [7, 11) is -0.428. The van der Waals surface area contributed by atoms with Gasteiger partial charge in [0.15, 0.2) is 0 Å². The van der Waals surface area contributed by atoms with Gasteiger partial charge in [0.05, 0.1) is 10.3 Å². The van der Waals surface area contributed by atoms with Crippen LogP contribution in [0.25, 0.3) is 12.2 Å². The first-order valence-corrected chi connectivity index (χ1v) is 8.76. The van der Waals surface area contributed by atoms with E-state index in [0.717, 1.165) is 22.3 Å². The van der Waals surface area contributed by atoms with Crippen LogP contribution in [0.3, 0.4) is 0 Å². The quantitative estimate of drug-likeness (QED) is 0.785. The molecule has 2 aromatic carbocycles. The fourth-order valence-electron chi connectivity index (χ4n) is 2.54. The molecular formula is C17H16ClNO2S. The molecule has 1 atom stereocenters. The van der Waals surface area contributed by atoms with Crippen LogP contribution in [0.2, 0.25) is 0 Å². The van der Waals surface area contributed by atoms with Crippen molar-refractivity contribution in [1.82, 2.24) is 4.31 Å². The molecule has 114 valence electrons. The van der Waals surface area contributed by atoms with Gasteiger partial charge >= 0.3 is 0 Å². The Hall–Kier alpha value is -1.62. The molecule has 5 heteroatoms. The van der Waals surface area contributed by atoms with Crippen molar-refractivity contribution in [2.24, 2.45) is 0 Å². The topological polar surface area (TPSA) is 37.4 Å². The molecule has 0 amide bonds. The van der Waals surface area contributed by atoms with Crippen molar-refractivity contribution in [2.75, 3.05) is 14.1 Å². The fourth-order valence-corrected chi connectivity index (χ4v) is 3.86. The van der Waals surface area contributed by atoms with E-state index in [1.54, 1.807) is 12.1 Å². The predicted octanol–water partition coefficient (Wildman–Crippen LogP) is 3.75. The van der Waals surface area contributed by atoms with Crippen LogP contribution < -0.4 is 0 Å². The lowest BCUT2D eigenvalue weighted by Crippen LogP contribution is -2.22. The largest absolute Gasteiger partial charge is 0.242 e. The molecule has 0 N–H and O–H groups in total. The molecule has 2 aromatic rings. The number of hydrogen-bond acceptors (Lipinski definition) is 2. The van der Waals surface area contributed by atoms with E-state index in [4.69, 9.17) is 11.6 Å². The van der Waals surface area contributed by atoms with E-state index in [1.165, 1.54) is 18.4 Å². The molecule has 0 aromatic heterocycles. The summed E-state index contributed by atoms with van der Waals surface area (Å²) in [6, 6.07) is 13.0. The second kappa shape index (κ2) is 5.54. The van der Waals surface area contributed by atoms with Crippen molar-refractivity contribution >= 4 is 33.8 Å². The Morgan fingerprint density at radius 2 is 1.59 bits per heavy atom. The molecule has 0 saturated heterocycles. The van der Waals surface area contributed by atoms with Crippen molar-refractivity contribution in [3.05, 3.63) is 64.7 Å². The van der Waals surface area contributed by atoms with Crippen LogP contribution in [-0.4, -0.2) is 26.8 Å². The Morgan fingerprint density at radius 3 is 2.27 bits per heavy atom. The van der Waals surface area contributed by atoms with E-state index in [-0.39, 0.29) is 10.3 Å². The van der Waals surface area contributed by atoms with E-state index in [9.17, 15) is 8.42 Å². The highest BCUT2D eigenvalue weighted by atomic mass is 35.5. The lowest BCUT2D eigenvalue weighted by Gasteiger charge is -2.16. The molecule has 22 heavy (non-hydrogen) atoms. The number of rotatable bonds is 2. The van der Waals surface area contributed by atoms with Gasteiger partial charge in [-0.25, -0.2) is 12.7 Å². The number of fused-ring (bicyclic) bond motifs is 2. The van der Waals surface area contributed by atoms with Crippen LogP contribution in [0.1, 0.15) is 27.6 Å². The second-order valence-corrected chi connectivity index (χ2v) is 7.99. The molecule has 0 fully saturated rings. The van der Waals surface area contributed by atoms with Gasteiger partial charge in [-0.2, -0.15) is 0 Å². The predicted molar refractivity (Wildman–Crippen MR) is 90.4 cm³/mol. The normalized spacial score (nSPS) is 17.0. The molecule has 0 bridgehead atoms. The van der Waals surface area contributed by atoms with E-state index < -0.39 is 10.0 Å². The summed E-state index contributed by atoms with van der Waals surface area (Å²) in [5.74, 6) is 0. The van der Waals surface area contributed by atoms with Crippen molar-refractivity contribution in [1.29, 1.82) is 0 Å². The van der Waals surface area contributed by atoms with Crippen molar-refractivity contribution in [2.45, 2.75) is 10.3 Å². The fraction of sp³-hybridized carbons (Fsp3) is 0.176. The highest BCUT2D eigenvalue weighted by Crippen LogP contribution is 2.38. The molecule has 0 unspecified atom stereocenters. The molecule has 1 aliphatic rings. The van der Waals surface area contributed by atoms with Crippen molar-refractivity contribution < 1.29 is 8.42 Å². The Kier molecular flexibility index (Phi) is 3.85. The van der Waals surface area contributed by atoms with Gasteiger partial charge < -0.3 is 0 Å². The van der Waals surface area contributed by atoms with Gasteiger partial charge in [0.25, 0.3) is 0 Å². The first-order chi connectivity index (χ1) is 10.4. The van der Waals surface area contributed by atoms with Crippen LogP contribution in [-0.2, 0) is 10.0 Å². The number of nitrogens with zero attached hydrogens (tertiary/aromatic N) is 1. The van der Waals surface area contributed by atoms with Crippen LogP contribution in [0.15, 0.2) is 47.4 Å². The van der Waals surface area contributed by atoms with E-state index in [1.807, 2.05) is 42.5 Å². The average Bonchev–Trinajstić information content (AvgIpc) is 2.65. The molecule has 0 radical (unpaired) electrons. The van der Waals surface area contributed by atoms with Crippen LogP contribution in [0.5, 0.6) is 0 Å². The maximum Gasteiger partial charge on any atom is 0.242 e. The third-order valence-corrected chi connectivity index (χ3v) is 6.10. The average molecular weight is 334 g/mol. The minimum atomic E-state index is -3.47. The van der Waals surface area contributed by atoms with Crippen LogP contribution >= 0.6 is 11.6 Å². The molecule has 0 spiro atoms. The van der Waals surface area contributed by atoms with Gasteiger partial charge in [-0.15, -0.1) is 11.6 Å². The zero-order valence-corrected chi connectivity index (χ0v) is 13.9. The van der Waals surface area contributed by atoms with Crippen molar-refractivity contribution in [3.8, 4) is 0 Å². The zero-order chi connectivity index (χ0) is 15.9. The Balaban J connectivity index is 2.19. The van der Waals surface area contributed by atoms with Gasteiger partial charge in [0.2, 0.25) is 10.0 Å². The van der Waals surface area contributed by atoms with E-state index in [2.05, 4.69) is 0 Å². The SMILES string of the molecule is CN(C)S(=O)(=O)c1ccc2c(c1)[C@@H](Cl)c1ccccc1C=C2. The first kappa shape index (κ1) is 15.3. The van der Waals surface area contributed by atoms with Gasteiger partial charge in [0, 0.05) is 14.1 Å². The molecular weight excluding hydrogens is 318 g/mol. The Bertz CT molecular complexity index is 857. The second-order valence-electron chi connectivity index (χ2n) is 5.40. The number of alkyl halides is 1. The lowest BCUT2D eigenvalue weighted by molar-refractivity contribution is 0.520. The third kappa shape index (κ3) is 2.47. The highest BCUT2D eigenvalue weighted by Gasteiger charge is 2.23. The summed E-state index contributed by atoms with van der Waals surface area (Å²) in [5, 5.41) is -0.376. The number of hydrogen-bond donors (Lipinski definition) is 0. The Labute approximate surface area is 135 Å². The van der Waals surface area contributed by atoms with Gasteiger partial charge in [0.1, 0.15) is 0 Å². The standard InChI is InChI=1S/C17H16ClNO2S/c1-19(2)22(20,21)14-10-9-13-8-7-12-5-3-4-6-15(12)17(18)16(13)11-14/h3-11,17H,1-2H3/t17-/m0/s1. The summed E-state index contributed by atoms with van der Waals surface area (Å²) < 4.78 is 25.8. The minimum absolute atomic E-state index is 0.259. The summed E-state index contributed by atoms with van der Waals surface area (Å²) in [5.41, 5.74) is 3.79. The third-order valence-electron chi connectivity index (χ3n) is 3.82. The van der Waals surface area contributed by atoms with Crippen LogP contribution in [0.4, 0.5) is 0 Å². The molecule has 1 aliphatic carbocycles. The maximum absolute atomic E-state index is 12.3. The van der Waals surface area contributed by atoms with Gasteiger partial charge in [-0.3, -0.25) is 0 Å². The maximum atomic E-state index is 12.3. The van der Waals surface area contributed by atoms with Crippen molar-refractivity contribution in [3.63, 3.8) is 0 Å². The minimum Gasteiger partial charge on any atom is -0.207 e. The molecule has 0 heterocycles. The number of sulfonamides is 1. The Morgan fingerprint density at radius 1 is 0.955 bits per heavy atom. The summed E-state index contributed by atoms with van der Waals surface area (Å²) in [6.45, 7) is 0. The highest BCUT2D eigenvalue weighted by molar-refractivity contribution is 7.89.